The largest absolute Gasteiger partial charge is 1.00 e. The summed E-state index contributed by atoms with van der Waals surface area (Å²) in [7, 11) is 3.88. The van der Waals surface area contributed by atoms with Crippen LogP contribution >= 0.6 is 23.5 Å². The first kappa shape index (κ1) is 55.4. The summed E-state index contributed by atoms with van der Waals surface area (Å²) in [6, 6.07) is 0. The van der Waals surface area contributed by atoms with Crippen LogP contribution in [-0.2, 0) is 62.0 Å². The first-order chi connectivity index (χ1) is 28.5. The Morgan fingerprint density at radius 2 is 1.03 bits per heavy atom. The number of aliphatic hydroxyl groups excluding tert-OH is 4. The number of carbonyl (C=O) groups excluding carboxylic acids is 7. The molecule has 17 nitrogen and oxygen atoms in total. The maximum absolute atomic E-state index is 12.4. The van der Waals surface area contributed by atoms with Crippen LogP contribution in [0.25, 0.3) is 0 Å². The van der Waals surface area contributed by atoms with Crippen LogP contribution in [0.1, 0.15) is 68.7 Å². The van der Waals surface area contributed by atoms with Gasteiger partial charge in [-0.1, -0.05) is 20.8 Å². The number of ether oxygens (including phenoxy) is 6. The van der Waals surface area contributed by atoms with Crippen LogP contribution in [0.4, 0.5) is 0 Å². The maximum atomic E-state index is 12.4. The molecule has 7 rings (SSSR count). The molecule has 4 saturated heterocycles. The van der Waals surface area contributed by atoms with Gasteiger partial charge in [-0.2, -0.15) is 0 Å². The standard InChI is InChI=1S/C16H24O5S2.C13H20O6.C13H18O6.B.Na.H/c1-15-8-21-14(19)16(15,2)12(18)9(7-10(17)20-3)11(15)13-22-5-4-6-23-13;2*1-12-6-19-11(17)13(12,2)10(16)7(8(12)5-14)4-9(15)18-3;;;/h9,11-13,18H,4-8H2,1-3H3;7-8,10,14,16H,4-6H2,1-3H3;5,7-8,10,16H,4,6H2,1-3H3;;;/q;;;;+1;-1/t9?,11?,12?,15-,16-;2*7?,8?,10?,12-,13-;;;/m111.../s1. The predicted octanol–water partition coefficient (Wildman–Crippen LogP) is -1.70. The Morgan fingerprint density at radius 1 is 0.667 bits per heavy atom. The number of carbonyl (C=O) groups is 7. The van der Waals surface area contributed by atoms with E-state index in [0.717, 1.165) is 11.5 Å². The smallest absolute Gasteiger partial charge is 1.00 e. The number of thioether (sulfide) groups is 2. The number of cyclic esters (lactones) is 3. The summed E-state index contributed by atoms with van der Waals surface area (Å²) in [5, 5.41) is 41.5. The monoisotopic (exact) mass is 937 g/mol. The second-order valence-electron chi connectivity index (χ2n) is 18.7. The molecule has 3 radical (unpaired) electrons. The fourth-order valence-electron chi connectivity index (χ4n) is 11.7. The second-order valence-corrected chi connectivity index (χ2v) is 21.5. The van der Waals surface area contributed by atoms with Crippen molar-refractivity contribution in [2.45, 2.75) is 90.1 Å². The van der Waals surface area contributed by atoms with Crippen molar-refractivity contribution in [3.8, 4) is 0 Å². The molecule has 3 saturated carbocycles. The van der Waals surface area contributed by atoms with Crippen molar-refractivity contribution < 1.29 is 113 Å². The summed E-state index contributed by atoms with van der Waals surface area (Å²) in [6.07, 6.45) is -1.06. The van der Waals surface area contributed by atoms with Gasteiger partial charge in [0.25, 0.3) is 0 Å². The minimum atomic E-state index is -1.16. The molecule has 4 aliphatic heterocycles. The van der Waals surface area contributed by atoms with Gasteiger partial charge in [0.15, 0.2) is 0 Å². The summed E-state index contributed by atoms with van der Waals surface area (Å²) >= 11 is 3.76. The average Bonchev–Trinajstić information content (AvgIpc) is 3.89. The third-order valence-corrected chi connectivity index (χ3v) is 19.5. The molecule has 63 heavy (non-hydrogen) atoms. The van der Waals surface area contributed by atoms with E-state index in [2.05, 4.69) is 9.47 Å². The molecule has 15 atom stereocenters. The van der Waals surface area contributed by atoms with Gasteiger partial charge in [-0.05, 0) is 50.5 Å². The Labute approximate surface area is 402 Å². The normalized spacial score (nSPS) is 43.1. The van der Waals surface area contributed by atoms with Crippen LogP contribution in [0, 0.1) is 68.0 Å². The zero-order valence-electron chi connectivity index (χ0n) is 38.9. The average molecular weight is 938 g/mol. The summed E-state index contributed by atoms with van der Waals surface area (Å²) in [5.41, 5.74) is -5.10. The number of fused-ring (bicyclic) bond motifs is 3. The van der Waals surface area contributed by atoms with E-state index in [1.165, 1.54) is 27.8 Å². The summed E-state index contributed by atoms with van der Waals surface area (Å²) in [5.74, 6) is -2.77. The fraction of sp³-hybridized carbons (Fsp3) is 0.833. The fourth-order valence-corrected chi connectivity index (χ4v) is 15.3. The van der Waals surface area contributed by atoms with E-state index in [0.29, 0.717) is 12.9 Å². The molecule has 0 amide bonds. The van der Waals surface area contributed by atoms with Crippen molar-refractivity contribution >= 4 is 74.0 Å². The molecule has 0 aromatic carbocycles. The van der Waals surface area contributed by atoms with E-state index in [-0.39, 0.29) is 113 Å². The van der Waals surface area contributed by atoms with Gasteiger partial charge in [0.2, 0.25) is 0 Å². The Morgan fingerprint density at radius 3 is 1.48 bits per heavy atom. The zero-order chi connectivity index (χ0) is 45.7. The van der Waals surface area contributed by atoms with Gasteiger partial charge >= 0.3 is 65.4 Å². The van der Waals surface area contributed by atoms with Gasteiger partial charge in [-0.3, -0.25) is 28.8 Å². The topological polar surface area (TPSA) is 256 Å². The molecular formula is C42H63BNaO17S2. The molecule has 3 aliphatic carbocycles. The van der Waals surface area contributed by atoms with Gasteiger partial charge in [-0.25, -0.2) is 0 Å². The van der Waals surface area contributed by atoms with Gasteiger partial charge in [-0.15, -0.1) is 23.5 Å². The first-order valence-corrected chi connectivity index (χ1v) is 22.7. The van der Waals surface area contributed by atoms with Gasteiger partial charge in [0, 0.05) is 54.9 Å². The Balaban J connectivity index is 0.000000325. The second kappa shape index (κ2) is 20.5. The van der Waals surface area contributed by atoms with Crippen LogP contribution in [0.15, 0.2) is 0 Å². The molecule has 7 fully saturated rings. The molecule has 4 heterocycles. The van der Waals surface area contributed by atoms with E-state index in [1.807, 2.05) is 37.4 Å². The quantitative estimate of drug-likeness (QED) is 0.0870. The van der Waals surface area contributed by atoms with Crippen molar-refractivity contribution in [3.63, 3.8) is 0 Å². The molecule has 9 unspecified atom stereocenters. The van der Waals surface area contributed by atoms with Gasteiger partial charge < -0.3 is 55.1 Å². The van der Waals surface area contributed by atoms with Crippen LogP contribution in [-0.4, -0.2) is 153 Å². The Kier molecular flexibility index (Phi) is 18.1. The number of aldehydes is 1. The molecule has 4 N–H and O–H groups in total. The molecule has 21 heteroatoms. The summed E-state index contributed by atoms with van der Waals surface area (Å²) < 4.78 is 29.8. The van der Waals surface area contributed by atoms with Crippen molar-refractivity contribution in [3.05, 3.63) is 0 Å². The van der Waals surface area contributed by atoms with E-state index in [9.17, 15) is 54.0 Å². The Hall–Kier alpha value is -1.91. The minimum Gasteiger partial charge on any atom is -1.00 e. The van der Waals surface area contributed by atoms with E-state index in [4.69, 9.17) is 18.9 Å². The van der Waals surface area contributed by atoms with Crippen LogP contribution in [0.5, 0.6) is 0 Å². The van der Waals surface area contributed by atoms with Crippen molar-refractivity contribution in [1.29, 1.82) is 0 Å². The van der Waals surface area contributed by atoms with Crippen molar-refractivity contribution in [1.82, 2.24) is 0 Å². The first-order valence-electron chi connectivity index (χ1n) is 20.6. The van der Waals surface area contributed by atoms with Crippen LogP contribution < -0.4 is 29.6 Å². The zero-order valence-corrected chi connectivity index (χ0v) is 41.5. The number of hydrogen-bond donors (Lipinski definition) is 4. The maximum Gasteiger partial charge on any atom is 1.00 e. The molecule has 0 spiro atoms. The van der Waals surface area contributed by atoms with E-state index in [1.54, 1.807) is 27.7 Å². The van der Waals surface area contributed by atoms with Crippen LogP contribution in [0.2, 0.25) is 0 Å². The number of rotatable bonds is 9. The minimum absolute atomic E-state index is 0. The Bertz CT molecular complexity index is 1760. The molecule has 0 aromatic heterocycles. The summed E-state index contributed by atoms with van der Waals surface area (Å²) in [6.45, 7) is 11.0. The van der Waals surface area contributed by atoms with Crippen molar-refractivity contribution in [2.24, 2.45) is 68.0 Å². The summed E-state index contributed by atoms with van der Waals surface area (Å²) in [4.78, 5) is 82.5. The number of hydrogen-bond acceptors (Lipinski definition) is 19. The third-order valence-electron chi connectivity index (χ3n) is 16.4. The number of methoxy groups -OCH3 is 3. The predicted molar refractivity (Wildman–Crippen MR) is 224 cm³/mol. The SMILES string of the molecule is COC(=O)CC1C(O)[C@]2(C)C(=O)OC[C@]2(C)C1C1SCCCS1.COC(=O)CC1C(O)[C@]2(C)C(=O)OC[C@]2(C)C1C=O.COC(=O)CC1C(O)[C@]2(C)C(=O)OC[C@]2(C)C1CO.[B].[H-].[Na+]. The molecule has 0 aromatic rings. The van der Waals surface area contributed by atoms with Gasteiger partial charge in [0.05, 0.1) is 83.3 Å². The van der Waals surface area contributed by atoms with E-state index < -0.39 is 92.4 Å². The third kappa shape index (κ3) is 8.43. The number of esters is 6. The van der Waals surface area contributed by atoms with E-state index >= 15 is 0 Å². The van der Waals surface area contributed by atoms with Gasteiger partial charge in [0.1, 0.15) is 22.5 Å². The molecule has 0 bridgehead atoms. The van der Waals surface area contributed by atoms with Crippen molar-refractivity contribution in [2.75, 3.05) is 59.3 Å². The molecule has 349 valence electrons. The number of aliphatic hydroxyl groups is 4. The molecular weight excluding hydrogens is 874 g/mol. The molecule has 7 aliphatic rings. The van der Waals surface area contributed by atoms with Crippen LogP contribution in [0.3, 0.4) is 0 Å².